The number of rotatable bonds is 4. The Balaban J connectivity index is 2.06. The van der Waals surface area contributed by atoms with Crippen molar-refractivity contribution >= 4 is 43.8 Å². The van der Waals surface area contributed by atoms with Crippen LogP contribution in [0.15, 0.2) is 53.7 Å². The van der Waals surface area contributed by atoms with Gasteiger partial charge in [-0.15, -0.1) is 0 Å². The maximum atomic E-state index is 12.3. The van der Waals surface area contributed by atoms with E-state index in [4.69, 9.17) is 18.0 Å². The highest BCUT2D eigenvalue weighted by atomic mass is 32.2. The van der Waals surface area contributed by atoms with E-state index in [1.54, 1.807) is 30.3 Å². The highest BCUT2D eigenvalue weighted by Gasteiger charge is 2.17. The highest BCUT2D eigenvalue weighted by molar-refractivity contribution is 7.92. The third-order valence-electron chi connectivity index (χ3n) is 3.08. The van der Waals surface area contributed by atoms with E-state index >= 15 is 0 Å². The molecule has 2 heterocycles. The van der Waals surface area contributed by atoms with Crippen LogP contribution in [0.3, 0.4) is 0 Å². The number of aromatic nitrogens is 2. The van der Waals surface area contributed by atoms with Crippen molar-refractivity contribution < 1.29 is 8.42 Å². The van der Waals surface area contributed by atoms with E-state index in [1.807, 2.05) is 6.07 Å². The normalized spacial score (nSPS) is 11.5. The number of sulfonamides is 1. The summed E-state index contributed by atoms with van der Waals surface area (Å²) in [7, 11) is -3.76. The Hall–Kier alpha value is -2.45. The molecule has 112 valence electrons. The lowest BCUT2D eigenvalue weighted by Crippen LogP contribution is -2.14. The average Bonchev–Trinajstić information content (AvgIpc) is 2.93. The van der Waals surface area contributed by atoms with Crippen LogP contribution in [0, 0.1) is 0 Å². The Kier molecular flexibility index (Phi) is 3.55. The lowest BCUT2D eigenvalue weighted by molar-refractivity contribution is 0.597. The molecule has 0 bridgehead atoms. The first-order valence-electron chi connectivity index (χ1n) is 6.33. The molecule has 3 rings (SSSR count). The molecule has 0 saturated heterocycles. The Morgan fingerprint density at radius 1 is 1.23 bits per heavy atom. The molecule has 3 aromatic rings. The van der Waals surface area contributed by atoms with Crippen molar-refractivity contribution in [2.45, 2.75) is 5.03 Å². The number of hydrogen-bond donors (Lipinski definition) is 3. The highest BCUT2D eigenvalue weighted by Crippen LogP contribution is 2.25. The number of nitrogens with two attached hydrogens (primary N) is 1. The number of anilines is 1. The average molecular weight is 332 g/mol. The van der Waals surface area contributed by atoms with E-state index in [2.05, 4.69) is 14.7 Å². The van der Waals surface area contributed by atoms with Crippen LogP contribution in [0.4, 0.5) is 5.69 Å². The first kappa shape index (κ1) is 14.5. The SMILES string of the molecule is NC(=S)c1cc2cccc(NS(=O)(=O)c3ccccn3)c2[nH]1. The third kappa shape index (κ3) is 2.66. The summed E-state index contributed by atoms with van der Waals surface area (Å²) in [6.45, 7) is 0. The fraction of sp³-hybridized carbons (Fsp3) is 0. The molecule has 0 radical (unpaired) electrons. The number of thiocarbonyl (C=S) groups is 1. The molecule has 0 saturated carbocycles. The fourth-order valence-corrected chi connectivity index (χ4v) is 3.21. The number of aromatic amines is 1. The van der Waals surface area contributed by atoms with Crippen LogP contribution in [0.25, 0.3) is 10.9 Å². The zero-order valence-corrected chi connectivity index (χ0v) is 12.9. The lowest BCUT2D eigenvalue weighted by atomic mass is 10.2. The quantitative estimate of drug-likeness (QED) is 0.634. The maximum absolute atomic E-state index is 12.3. The Bertz CT molecular complexity index is 949. The predicted octanol–water partition coefficient (Wildman–Crippen LogP) is 2.00. The zero-order chi connectivity index (χ0) is 15.7. The van der Waals surface area contributed by atoms with Crippen LogP contribution in [-0.2, 0) is 10.0 Å². The molecular formula is C14H12N4O2S2. The Morgan fingerprint density at radius 3 is 2.73 bits per heavy atom. The Morgan fingerprint density at radius 2 is 2.05 bits per heavy atom. The molecule has 0 fully saturated rings. The minimum absolute atomic E-state index is 0.0480. The molecule has 0 atom stereocenters. The third-order valence-corrected chi connectivity index (χ3v) is 4.58. The summed E-state index contributed by atoms with van der Waals surface area (Å²) in [5.41, 5.74) is 7.20. The van der Waals surface area contributed by atoms with Gasteiger partial charge in [0.1, 0.15) is 4.99 Å². The van der Waals surface area contributed by atoms with Crippen molar-refractivity contribution in [3.63, 3.8) is 0 Å². The smallest absolute Gasteiger partial charge is 0.279 e. The number of H-pyrrole nitrogens is 1. The van der Waals surface area contributed by atoms with Gasteiger partial charge >= 0.3 is 0 Å². The monoisotopic (exact) mass is 332 g/mol. The number of fused-ring (bicyclic) bond motifs is 1. The van der Waals surface area contributed by atoms with E-state index in [-0.39, 0.29) is 10.0 Å². The van der Waals surface area contributed by atoms with Crippen LogP contribution in [0.1, 0.15) is 5.69 Å². The molecule has 2 aromatic heterocycles. The predicted molar refractivity (Wildman–Crippen MR) is 89.2 cm³/mol. The molecule has 0 aliphatic rings. The van der Waals surface area contributed by atoms with Crippen LogP contribution in [-0.4, -0.2) is 23.4 Å². The molecule has 0 amide bonds. The molecule has 0 spiro atoms. The van der Waals surface area contributed by atoms with E-state index in [0.29, 0.717) is 16.9 Å². The standard InChI is InChI=1S/C14H12N4O2S2/c15-14(21)11-8-9-4-3-5-10(13(9)17-11)18-22(19,20)12-6-1-2-7-16-12/h1-8,17-18H,(H2,15,21). The molecule has 6 nitrogen and oxygen atoms in total. The molecule has 4 N–H and O–H groups in total. The lowest BCUT2D eigenvalue weighted by Gasteiger charge is -2.08. The number of nitrogens with zero attached hydrogens (tertiary/aromatic N) is 1. The van der Waals surface area contributed by atoms with Crippen molar-refractivity contribution in [1.29, 1.82) is 0 Å². The Labute approximate surface area is 132 Å². The largest absolute Gasteiger partial charge is 0.388 e. The molecule has 0 aliphatic carbocycles. The molecule has 22 heavy (non-hydrogen) atoms. The van der Waals surface area contributed by atoms with Crippen molar-refractivity contribution in [3.05, 3.63) is 54.4 Å². The molecule has 1 aromatic carbocycles. The maximum Gasteiger partial charge on any atom is 0.279 e. The van der Waals surface area contributed by atoms with Gasteiger partial charge in [-0.2, -0.15) is 8.42 Å². The topological polar surface area (TPSA) is 101 Å². The van der Waals surface area contributed by atoms with E-state index in [1.165, 1.54) is 12.3 Å². The fourth-order valence-electron chi connectivity index (χ4n) is 2.08. The van der Waals surface area contributed by atoms with Gasteiger partial charge in [-0.1, -0.05) is 30.4 Å². The van der Waals surface area contributed by atoms with Crippen LogP contribution in [0.2, 0.25) is 0 Å². The van der Waals surface area contributed by atoms with E-state index in [0.717, 1.165) is 5.39 Å². The second kappa shape index (κ2) is 5.39. The number of para-hydroxylation sites is 1. The van der Waals surface area contributed by atoms with E-state index < -0.39 is 10.0 Å². The number of hydrogen-bond acceptors (Lipinski definition) is 4. The number of nitrogens with one attached hydrogen (secondary N) is 2. The first-order chi connectivity index (χ1) is 10.5. The first-order valence-corrected chi connectivity index (χ1v) is 8.22. The van der Waals surface area contributed by atoms with Crippen molar-refractivity contribution in [2.24, 2.45) is 5.73 Å². The van der Waals surface area contributed by atoms with Crippen LogP contribution < -0.4 is 10.5 Å². The molecular weight excluding hydrogens is 320 g/mol. The van der Waals surface area contributed by atoms with Gasteiger partial charge in [0, 0.05) is 11.6 Å². The van der Waals surface area contributed by atoms with Crippen LogP contribution in [0.5, 0.6) is 0 Å². The van der Waals surface area contributed by atoms with Crippen molar-refractivity contribution in [1.82, 2.24) is 9.97 Å². The second-order valence-corrected chi connectivity index (χ2v) is 6.66. The summed E-state index contributed by atoms with van der Waals surface area (Å²) < 4.78 is 27.2. The number of pyridine rings is 1. The van der Waals surface area contributed by atoms with Crippen LogP contribution >= 0.6 is 12.2 Å². The summed E-state index contributed by atoms with van der Waals surface area (Å²) in [6, 6.07) is 11.7. The molecule has 8 heteroatoms. The molecule has 0 unspecified atom stereocenters. The van der Waals surface area contributed by atoms with Gasteiger partial charge in [0.25, 0.3) is 10.0 Å². The summed E-state index contributed by atoms with van der Waals surface area (Å²) >= 11 is 4.93. The van der Waals surface area contributed by atoms with Gasteiger partial charge in [0.05, 0.1) is 16.9 Å². The second-order valence-electron chi connectivity index (χ2n) is 4.59. The number of benzene rings is 1. The molecule has 0 aliphatic heterocycles. The van der Waals surface area contributed by atoms with Crippen molar-refractivity contribution in [2.75, 3.05) is 4.72 Å². The minimum atomic E-state index is -3.76. The summed E-state index contributed by atoms with van der Waals surface area (Å²) in [5, 5.41) is 0.761. The summed E-state index contributed by atoms with van der Waals surface area (Å²) in [6.07, 6.45) is 1.43. The summed E-state index contributed by atoms with van der Waals surface area (Å²) in [5.74, 6) is 0. The van der Waals surface area contributed by atoms with Gasteiger partial charge < -0.3 is 10.7 Å². The van der Waals surface area contributed by atoms with Gasteiger partial charge in [-0.05, 0) is 24.3 Å². The van der Waals surface area contributed by atoms with Gasteiger partial charge in [-0.25, -0.2) is 4.98 Å². The minimum Gasteiger partial charge on any atom is -0.388 e. The van der Waals surface area contributed by atoms with E-state index in [9.17, 15) is 8.42 Å². The summed E-state index contributed by atoms with van der Waals surface area (Å²) in [4.78, 5) is 7.10. The zero-order valence-electron chi connectivity index (χ0n) is 11.3. The van der Waals surface area contributed by atoms with Gasteiger partial charge in [0.2, 0.25) is 0 Å². The van der Waals surface area contributed by atoms with Gasteiger partial charge in [-0.3, -0.25) is 4.72 Å². The van der Waals surface area contributed by atoms with Crippen molar-refractivity contribution in [3.8, 4) is 0 Å². The van der Waals surface area contributed by atoms with Gasteiger partial charge in [0.15, 0.2) is 5.03 Å².